The molecule has 8 aromatic carbocycles. The largest absolute Gasteiger partial charge is 0.332 e. The van der Waals surface area contributed by atoms with Gasteiger partial charge in [0.25, 0.3) is 0 Å². The van der Waals surface area contributed by atoms with E-state index in [1.165, 1.54) is 172 Å². The summed E-state index contributed by atoms with van der Waals surface area (Å²) in [5.41, 5.74) is 33.0. The molecule has 0 saturated carbocycles. The Hall–Kier alpha value is -7.56. The lowest BCUT2D eigenvalue weighted by Crippen LogP contribution is -2.15. The molecule has 2 aliphatic rings. The summed E-state index contributed by atoms with van der Waals surface area (Å²) < 4.78 is 5.33. The maximum absolute atomic E-state index is 2.73. The molecule has 13 rings (SSSR count). The molecule has 0 fully saturated rings. The van der Waals surface area contributed by atoms with Crippen LogP contribution in [-0.2, 0) is 0 Å². The van der Waals surface area contributed by atoms with Gasteiger partial charge in [0.15, 0.2) is 0 Å². The van der Waals surface area contributed by atoms with Crippen molar-refractivity contribution in [1.82, 2.24) is 8.97 Å². The molecule has 1 aliphatic heterocycles. The number of hydrogen-bond acceptors (Lipinski definition) is 2. The molecule has 1 aliphatic carbocycles. The second-order valence-corrected chi connectivity index (χ2v) is 24.9. The Kier molecular flexibility index (Phi) is 11.5. The number of allylic oxidation sites excluding steroid dienone is 4. The average molecular weight is 1020 g/mol. The first-order chi connectivity index (χ1) is 37.3. The van der Waals surface area contributed by atoms with Crippen LogP contribution in [0.3, 0.4) is 0 Å². The van der Waals surface area contributed by atoms with Crippen LogP contribution < -0.4 is 9.80 Å². The van der Waals surface area contributed by atoms with Gasteiger partial charge >= 0.3 is 0 Å². The van der Waals surface area contributed by atoms with Crippen molar-refractivity contribution in [2.24, 2.45) is 0 Å². The number of hydrogen-bond donors (Lipinski definition) is 0. The van der Waals surface area contributed by atoms with Gasteiger partial charge in [-0.3, -0.25) is 0 Å². The molecule has 4 nitrogen and oxygen atoms in total. The van der Waals surface area contributed by atoms with Crippen LogP contribution in [0.15, 0.2) is 127 Å². The van der Waals surface area contributed by atoms with Gasteiger partial charge in [-0.25, -0.2) is 0 Å². The maximum atomic E-state index is 2.73. The second kappa shape index (κ2) is 18.0. The van der Waals surface area contributed by atoms with Crippen LogP contribution in [0.25, 0.3) is 65.5 Å². The minimum atomic E-state index is 0.185. The number of fused-ring (bicyclic) bond motifs is 12. The zero-order valence-corrected chi connectivity index (χ0v) is 49.0. The molecular formula is C74H76N4. The Balaban J connectivity index is 1.09. The molecule has 4 heterocycles. The Morgan fingerprint density at radius 3 is 1.29 bits per heavy atom. The monoisotopic (exact) mass is 1020 g/mol. The van der Waals surface area contributed by atoms with Crippen LogP contribution >= 0.6 is 0 Å². The lowest BCUT2D eigenvalue weighted by molar-refractivity contribution is 0.685. The van der Waals surface area contributed by atoms with E-state index in [0.29, 0.717) is 23.7 Å². The van der Waals surface area contributed by atoms with Gasteiger partial charge in [-0.15, -0.1) is 0 Å². The summed E-state index contributed by atoms with van der Waals surface area (Å²) in [7, 11) is 0. The standard InChI is InChI=1S/C74H76N4/c1-39(2)67-43(9)29-51(30-44(67)10)75(52-31-45(11)68(40(3)4)46(12)32-52)63-27-25-55-59-37-66-60(38-65(59)77-61-23-19-17-21-57(61)71(63)73(55)77)56-26-28-64(72-58-22-18-20-24-62(58)78(66)74(56)72)76(53-33-47(13)69(41(5)6)48(14)34-53)54-35-49(15)70(42(7)8)50(16)36-54/h17-23,25-42,62H,24H2,1-16H3. The molecule has 0 bridgehead atoms. The van der Waals surface area contributed by atoms with Gasteiger partial charge < -0.3 is 18.8 Å². The SMILES string of the molecule is Cc1cc(N(c2cc(C)c(C(C)C)c(C)c2)c2ccc3c4cc5c(cc4n4c3c2C2=CC=CCC24)c2ccc(N(c3cc(C)c(C(C)C)c(C)c3)c3cc(C)c(C(C)C)c(C)c3)c3c4ccccc4n5c23)cc(C)c1C(C)C. The zero-order chi connectivity index (χ0) is 54.7. The first-order valence-corrected chi connectivity index (χ1v) is 29.0. The molecule has 11 aromatic rings. The molecule has 0 amide bonds. The fraction of sp³-hybridized carbons (Fsp3) is 0.297. The molecular weight excluding hydrogens is 945 g/mol. The molecule has 3 aromatic heterocycles. The van der Waals surface area contributed by atoms with Crippen molar-refractivity contribution < 1.29 is 0 Å². The zero-order valence-electron chi connectivity index (χ0n) is 49.0. The molecule has 1 unspecified atom stereocenters. The van der Waals surface area contributed by atoms with E-state index in [0.717, 1.165) is 6.42 Å². The average Bonchev–Trinajstić information content (AvgIpc) is 4.28. The van der Waals surface area contributed by atoms with E-state index in [4.69, 9.17) is 0 Å². The first kappa shape index (κ1) is 50.0. The molecule has 0 N–H and O–H groups in total. The van der Waals surface area contributed by atoms with Crippen LogP contribution in [0.1, 0.15) is 164 Å². The van der Waals surface area contributed by atoms with Crippen molar-refractivity contribution in [3.05, 3.63) is 200 Å². The maximum Gasteiger partial charge on any atom is 0.0641 e. The van der Waals surface area contributed by atoms with Gasteiger partial charge in [0.05, 0.1) is 45.0 Å². The molecule has 78 heavy (non-hydrogen) atoms. The smallest absolute Gasteiger partial charge is 0.0641 e. The summed E-state index contributed by atoms with van der Waals surface area (Å²) >= 11 is 0. The number of benzene rings is 8. The predicted molar refractivity (Wildman–Crippen MR) is 338 cm³/mol. The van der Waals surface area contributed by atoms with E-state index in [9.17, 15) is 0 Å². The highest BCUT2D eigenvalue weighted by atomic mass is 15.2. The highest BCUT2D eigenvalue weighted by Gasteiger charge is 2.37. The minimum absolute atomic E-state index is 0.185. The predicted octanol–water partition coefficient (Wildman–Crippen LogP) is 21.7. The van der Waals surface area contributed by atoms with Crippen molar-refractivity contribution in [3.63, 3.8) is 0 Å². The number of aryl methyl sites for hydroxylation is 8. The Bertz CT molecular complexity index is 4180. The number of para-hydroxylation sites is 1. The number of nitrogens with zero attached hydrogens (tertiary/aromatic N) is 4. The molecule has 392 valence electrons. The Morgan fingerprint density at radius 2 is 0.821 bits per heavy atom. The van der Waals surface area contributed by atoms with E-state index >= 15 is 0 Å². The van der Waals surface area contributed by atoms with E-state index in [1.54, 1.807) is 0 Å². The lowest BCUT2D eigenvalue weighted by Gasteiger charge is -2.31. The summed E-state index contributed by atoms with van der Waals surface area (Å²) in [6.07, 6.45) is 8.04. The van der Waals surface area contributed by atoms with Crippen LogP contribution in [0.4, 0.5) is 34.1 Å². The number of rotatable bonds is 10. The Labute approximate surface area is 462 Å². The van der Waals surface area contributed by atoms with Crippen LogP contribution in [0, 0.1) is 55.4 Å². The van der Waals surface area contributed by atoms with Gasteiger partial charge in [-0.1, -0.05) is 104 Å². The Morgan fingerprint density at radius 1 is 0.410 bits per heavy atom. The van der Waals surface area contributed by atoms with Crippen LogP contribution in [0.5, 0.6) is 0 Å². The van der Waals surface area contributed by atoms with E-state index in [2.05, 4.69) is 257 Å². The molecule has 0 radical (unpaired) electrons. The fourth-order valence-electron chi connectivity index (χ4n) is 16.0. The van der Waals surface area contributed by atoms with Crippen molar-refractivity contribution in [1.29, 1.82) is 0 Å². The minimum Gasteiger partial charge on any atom is -0.332 e. The van der Waals surface area contributed by atoms with Crippen molar-refractivity contribution in [3.8, 4) is 0 Å². The molecule has 4 heteroatoms. The lowest BCUT2D eigenvalue weighted by atomic mass is 9.89. The third kappa shape index (κ3) is 7.16. The van der Waals surface area contributed by atoms with Gasteiger partial charge in [0, 0.05) is 60.6 Å². The summed E-state index contributed by atoms with van der Waals surface area (Å²) in [6, 6.07) is 43.7. The first-order valence-electron chi connectivity index (χ1n) is 29.0. The topological polar surface area (TPSA) is 15.8 Å². The van der Waals surface area contributed by atoms with Crippen LogP contribution in [-0.4, -0.2) is 8.97 Å². The summed E-state index contributed by atoms with van der Waals surface area (Å²) in [5, 5.41) is 7.78. The number of aromatic nitrogens is 2. The van der Waals surface area contributed by atoms with E-state index < -0.39 is 0 Å². The second-order valence-electron chi connectivity index (χ2n) is 24.9. The van der Waals surface area contributed by atoms with Gasteiger partial charge in [-0.05, 0) is 237 Å². The fourth-order valence-corrected chi connectivity index (χ4v) is 16.0. The van der Waals surface area contributed by atoms with Crippen molar-refractivity contribution in [2.75, 3.05) is 9.80 Å². The van der Waals surface area contributed by atoms with Gasteiger partial charge in [-0.2, -0.15) is 0 Å². The van der Waals surface area contributed by atoms with Crippen LogP contribution in [0.2, 0.25) is 0 Å². The number of anilines is 6. The molecule has 0 spiro atoms. The quantitative estimate of drug-likeness (QED) is 0.136. The van der Waals surface area contributed by atoms with E-state index in [1.807, 2.05) is 0 Å². The third-order valence-corrected chi connectivity index (χ3v) is 18.3. The van der Waals surface area contributed by atoms with Gasteiger partial charge in [0.2, 0.25) is 0 Å². The summed E-state index contributed by atoms with van der Waals surface area (Å²) in [4.78, 5) is 5.16. The van der Waals surface area contributed by atoms with Crippen molar-refractivity contribution in [2.45, 2.75) is 147 Å². The summed E-state index contributed by atoms with van der Waals surface area (Å²) in [6.45, 7) is 37.0. The normalized spacial score (nSPS) is 14.5. The molecule has 0 saturated heterocycles. The molecule has 1 atom stereocenters. The van der Waals surface area contributed by atoms with Gasteiger partial charge in [0.1, 0.15) is 0 Å². The third-order valence-electron chi connectivity index (χ3n) is 18.3. The van der Waals surface area contributed by atoms with Crippen molar-refractivity contribution >= 4 is 99.6 Å². The summed E-state index contributed by atoms with van der Waals surface area (Å²) in [5.74, 6) is 1.77. The van der Waals surface area contributed by atoms with E-state index in [-0.39, 0.29) is 6.04 Å². The highest BCUT2D eigenvalue weighted by Crippen LogP contribution is 2.56. The highest BCUT2D eigenvalue weighted by molar-refractivity contribution is 6.30.